The zero-order chi connectivity index (χ0) is 13.7. The summed E-state index contributed by atoms with van der Waals surface area (Å²) in [4.78, 5) is 23.6. The Bertz CT molecular complexity index is 464. The number of benzene rings is 1. The van der Waals surface area contributed by atoms with Crippen molar-refractivity contribution in [3.63, 3.8) is 0 Å². The number of amides is 1. The molecule has 0 spiro atoms. The standard InChI is InChI=1S/C11H13BrN2O4/c1-2-13(3-4-15)11(16)8-5-9(12)7-10(6-8)14(17)18/h5-7,15H,2-4H2,1H3. The van der Waals surface area contributed by atoms with Gasteiger partial charge in [0.15, 0.2) is 0 Å². The molecule has 98 valence electrons. The second-order valence-electron chi connectivity index (χ2n) is 3.56. The van der Waals surface area contributed by atoms with Crippen LogP contribution in [0.4, 0.5) is 5.69 Å². The first-order valence-corrected chi connectivity index (χ1v) is 6.14. The maximum Gasteiger partial charge on any atom is 0.271 e. The smallest absolute Gasteiger partial charge is 0.271 e. The van der Waals surface area contributed by atoms with Crippen LogP contribution in [0.3, 0.4) is 0 Å². The molecule has 1 aromatic carbocycles. The van der Waals surface area contributed by atoms with Gasteiger partial charge in [0.25, 0.3) is 11.6 Å². The first kappa shape index (κ1) is 14.6. The fourth-order valence-electron chi connectivity index (χ4n) is 1.51. The van der Waals surface area contributed by atoms with Gasteiger partial charge < -0.3 is 10.0 Å². The van der Waals surface area contributed by atoms with Crippen LogP contribution in [0.1, 0.15) is 17.3 Å². The molecular weight excluding hydrogens is 304 g/mol. The lowest BCUT2D eigenvalue weighted by Gasteiger charge is -2.19. The molecule has 1 aromatic rings. The lowest BCUT2D eigenvalue weighted by atomic mass is 10.1. The second-order valence-corrected chi connectivity index (χ2v) is 4.48. The number of aliphatic hydroxyl groups is 1. The van der Waals surface area contributed by atoms with Crippen LogP contribution < -0.4 is 0 Å². The molecule has 1 rings (SSSR count). The third kappa shape index (κ3) is 3.51. The Morgan fingerprint density at radius 3 is 2.67 bits per heavy atom. The minimum Gasteiger partial charge on any atom is -0.395 e. The van der Waals surface area contributed by atoms with E-state index >= 15 is 0 Å². The Morgan fingerprint density at radius 1 is 1.50 bits per heavy atom. The molecule has 0 aromatic heterocycles. The minimum absolute atomic E-state index is 0.143. The number of non-ortho nitro benzene ring substituents is 1. The first-order chi connectivity index (χ1) is 8.49. The van der Waals surface area contributed by atoms with Crippen LogP contribution in [0.5, 0.6) is 0 Å². The summed E-state index contributed by atoms with van der Waals surface area (Å²) < 4.78 is 0.472. The monoisotopic (exact) mass is 316 g/mol. The molecule has 0 atom stereocenters. The van der Waals surface area contributed by atoms with E-state index in [1.54, 1.807) is 6.92 Å². The molecule has 0 fully saturated rings. The van der Waals surface area contributed by atoms with E-state index in [1.165, 1.54) is 23.1 Å². The maximum atomic E-state index is 12.1. The number of carbonyl (C=O) groups is 1. The molecular formula is C11H13BrN2O4. The number of rotatable bonds is 5. The van der Waals surface area contributed by atoms with E-state index < -0.39 is 4.92 Å². The van der Waals surface area contributed by atoms with Gasteiger partial charge in [-0.15, -0.1) is 0 Å². The molecule has 0 aliphatic heterocycles. The Morgan fingerprint density at radius 2 is 2.17 bits per heavy atom. The van der Waals surface area contributed by atoms with Crippen molar-refractivity contribution in [2.45, 2.75) is 6.92 Å². The molecule has 1 amide bonds. The van der Waals surface area contributed by atoms with Crippen molar-refractivity contribution in [1.29, 1.82) is 0 Å². The summed E-state index contributed by atoms with van der Waals surface area (Å²) in [6.07, 6.45) is 0. The predicted octanol–water partition coefficient (Wildman–Crippen LogP) is 1.81. The third-order valence-corrected chi connectivity index (χ3v) is 2.84. The molecule has 0 saturated carbocycles. The van der Waals surface area contributed by atoms with Crippen LogP contribution in [0.2, 0.25) is 0 Å². The van der Waals surface area contributed by atoms with Crippen LogP contribution in [0.25, 0.3) is 0 Å². The Kier molecular flexibility index (Phi) is 5.24. The van der Waals surface area contributed by atoms with Crippen molar-refractivity contribution in [3.8, 4) is 0 Å². The van der Waals surface area contributed by atoms with Gasteiger partial charge in [-0.2, -0.15) is 0 Å². The largest absolute Gasteiger partial charge is 0.395 e. The third-order valence-electron chi connectivity index (χ3n) is 2.38. The molecule has 6 nitrogen and oxygen atoms in total. The molecule has 0 unspecified atom stereocenters. The van der Waals surface area contributed by atoms with E-state index in [-0.39, 0.29) is 30.3 Å². The van der Waals surface area contributed by atoms with Crippen LogP contribution in [0, 0.1) is 10.1 Å². The van der Waals surface area contributed by atoms with E-state index in [1.807, 2.05) is 0 Å². The Labute approximate surface area is 112 Å². The normalized spacial score (nSPS) is 10.2. The summed E-state index contributed by atoms with van der Waals surface area (Å²) in [5, 5.41) is 19.6. The molecule has 0 saturated heterocycles. The number of hydrogen-bond acceptors (Lipinski definition) is 4. The van der Waals surface area contributed by atoms with Gasteiger partial charge >= 0.3 is 0 Å². The van der Waals surface area contributed by atoms with Crippen LogP contribution in [-0.4, -0.2) is 40.5 Å². The fraction of sp³-hybridized carbons (Fsp3) is 0.364. The minimum atomic E-state index is -0.552. The summed E-state index contributed by atoms with van der Waals surface area (Å²) in [6.45, 7) is 2.27. The summed E-state index contributed by atoms with van der Waals surface area (Å²) in [5.74, 6) is -0.337. The van der Waals surface area contributed by atoms with Gasteiger partial charge in [-0.1, -0.05) is 15.9 Å². The Hall–Kier alpha value is -1.47. The molecule has 0 aliphatic rings. The van der Waals surface area contributed by atoms with E-state index in [4.69, 9.17) is 5.11 Å². The fourth-order valence-corrected chi connectivity index (χ4v) is 1.99. The lowest BCUT2D eigenvalue weighted by molar-refractivity contribution is -0.385. The number of hydrogen-bond donors (Lipinski definition) is 1. The highest BCUT2D eigenvalue weighted by atomic mass is 79.9. The van der Waals surface area contributed by atoms with Crippen molar-refractivity contribution in [3.05, 3.63) is 38.3 Å². The average Bonchev–Trinajstić information content (AvgIpc) is 2.34. The van der Waals surface area contributed by atoms with Gasteiger partial charge in [-0.25, -0.2) is 0 Å². The number of likely N-dealkylation sites (N-methyl/N-ethyl adjacent to an activating group) is 1. The molecule has 1 N–H and O–H groups in total. The highest BCUT2D eigenvalue weighted by Gasteiger charge is 2.17. The highest BCUT2D eigenvalue weighted by molar-refractivity contribution is 9.10. The number of nitrogens with zero attached hydrogens (tertiary/aromatic N) is 2. The van der Waals surface area contributed by atoms with Crippen LogP contribution in [0.15, 0.2) is 22.7 Å². The van der Waals surface area contributed by atoms with Gasteiger partial charge in [-0.3, -0.25) is 14.9 Å². The zero-order valence-electron chi connectivity index (χ0n) is 9.80. The predicted molar refractivity (Wildman–Crippen MR) is 69.5 cm³/mol. The molecule has 18 heavy (non-hydrogen) atoms. The summed E-state index contributed by atoms with van der Waals surface area (Å²) in [5.41, 5.74) is 0.0825. The van der Waals surface area contributed by atoms with Crippen molar-refractivity contribution in [2.75, 3.05) is 19.7 Å². The van der Waals surface area contributed by atoms with Crippen molar-refractivity contribution < 1.29 is 14.8 Å². The number of aliphatic hydroxyl groups excluding tert-OH is 1. The number of nitro groups is 1. The summed E-state index contributed by atoms with van der Waals surface area (Å²) in [6, 6.07) is 4.08. The van der Waals surface area contributed by atoms with Crippen LogP contribution in [-0.2, 0) is 0 Å². The molecule has 7 heteroatoms. The van der Waals surface area contributed by atoms with E-state index in [0.29, 0.717) is 11.0 Å². The van der Waals surface area contributed by atoms with Crippen molar-refractivity contribution in [1.82, 2.24) is 4.90 Å². The van der Waals surface area contributed by atoms with Gasteiger partial charge in [-0.05, 0) is 13.0 Å². The van der Waals surface area contributed by atoms with Gasteiger partial charge in [0.05, 0.1) is 11.5 Å². The zero-order valence-corrected chi connectivity index (χ0v) is 11.4. The van der Waals surface area contributed by atoms with E-state index in [2.05, 4.69) is 15.9 Å². The highest BCUT2D eigenvalue weighted by Crippen LogP contribution is 2.22. The van der Waals surface area contributed by atoms with Gasteiger partial charge in [0.2, 0.25) is 0 Å². The van der Waals surface area contributed by atoms with Crippen LogP contribution >= 0.6 is 15.9 Å². The van der Waals surface area contributed by atoms with Crippen molar-refractivity contribution in [2.24, 2.45) is 0 Å². The topological polar surface area (TPSA) is 83.7 Å². The first-order valence-electron chi connectivity index (χ1n) is 5.34. The molecule has 0 heterocycles. The molecule has 0 bridgehead atoms. The van der Waals surface area contributed by atoms with Gasteiger partial charge in [0, 0.05) is 35.3 Å². The quantitative estimate of drug-likeness (QED) is 0.663. The molecule has 0 aliphatic carbocycles. The summed E-state index contributed by atoms with van der Waals surface area (Å²) >= 11 is 3.14. The van der Waals surface area contributed by atoms with E-state index in [0.717, 1.165) is 0 Å². The average molecular weight is 317 g/mol. The SMILES string of the molecule is CCN(CCO)C(=O)c1cc(Br)cc([N+](=O)[O-])c1. The van der Waals surface area contributed by atoms with Crippen molar-refractivity contribution >= 4 is 27.5 Å². The second kappa shape index (κ2) is 6.46. The number of halogens is 1. The van der Waals surface area contributed by atoms with E-state index in [9.17, 15) is 14.9 Å². The lowest BCUT2D eigenvalue weighted by Crippen LogP contribution is -2.33. The van der Waals surface area contributed by atoms with Gasteiger partial charge in [0.1, 0.15) is 0 Å². The molecule has 0 radical (unpaired) electrons. The summed E-state index contributed by atoms with van der Waals surface area (Å²) in [7, 11) is 0. The number of nitro benzene ring substituents is 1. The Balaban J connectivity index is 3.08. The maximum absolute atomic E-state index is 12.1. The number of carbonyl (C=O) groups excluding carboxylic acids is 1.